The standard InChI is InChI=1S/C11H9Cl3/c1-2-6-7-4-3-5-8(12)9(7)11(14)10(6)13/h3-6H,2H2,1H3. The summed E-state index contributed by atoms with van der Waals surface area (Å²) in [5.41, 5.74) is 2.06. The minimum atomic E-state index is 0.220. The Morgan fingerprint density at radius 2 is 1.93 bits per heavy atom. The van der Waals surface area contributed by atoms with E-state index in [1.165, 1.54) is 0 Å². The predicted octanol–water partition coefficient (Wildman–Crippen LogP) is 4.99. The van der Waals surface area contributed by atoms with Gasteiger partial charge in [-0.2, -0.15) is 0 Å². The molecule has 2 rings (SSSR count). The largest absolute Gasteiger partial charge is 0.0868 e. The highest BCUT2D eigenvalue weighted by molar-refractivity contribution is 6.57. The average Bonchev–Trinajstić information content (AvgIpc) is 2.41. The van der Waals surface area contributed by atoms with Crippen LogP contribution >= 0.6 is 34.8 Å². The molecule has 74 valence electrons. The Kier molecular flexibility index (Phi) is 2.79. The topological polar surface area (TPSA) is 0 Å². The van der Waals surface area contributed by atoms with Crippen molar-refractivity contribution in [2.24, 2.45) is 0 Å². The van der Waals surface area contributed by atoms with Crippen LogP contribution in [0.2, 0.25) is 5.02 Å². The Balaban J connectivity index is 2.66. The maximum absolute atomic E-state index is 6.16. The number of benzene rings is 1. The molecule has 0 saturated heterocycles. The van der Waals surface area contributed by atoms with E-state index in [-0.39, 0.29) is 5.92 Å². The van der Waals surface area contributed by atoms with E-state index < -0.39 is 0 Å². The van der Waals surface area contributed by atoms with E-state index in [0.29, 0.717) is 10.1 Å². The van der Waals surface area contributed by atoms with Crippen LogP contribution in [0.15, 0.2) is 23.2 Å². The van der Waals surface area contributed by atoms with Crippen molar-refractivity contribution >= 4 is 39.8 Å². The van der Waals surface area contributed by atoms with Crippen molar-refractivity contribution in [1.29, 1.82) is 0 Å². The van der Waals surface area contributed by atoms with Crippen molar-refractivity contribution in [3.8, 4) is 0 Å². The van der Waals surface area contributed by atoms with E-state index in [1.807, 2.05) is 18.2 Å². The van der Waals surface area contributed by atoms with Crippen molar-refractivity contribution in [3.63, 3.8) is 0 Å². The minimum absolute atomic E-state index is 0.220. The summed E-state index contributed by atoms with van der Waals surface area (Å²) in [5, 5.41) is 2.01. The van der Waals surface area contributed by atoms with Gasteiger partial charge in [-0.15, -0.1) is 0 Å². The first-order chi connectivity index (χ1) is 6.66. The molecule has 0 amide bonds. The third-order valence-electron chi connectivity index (χ3n) is 2.56. The van der Waals surface area contributed by atoms with Crippen LogP contribution in [0, 0.1) is 0 Å². The van der Waals surface area contributed by atoms with Gasteiger partial charge in [-0.25, -0.2) is 0 Å². The fourth-order valence-electron chi connectivity index (χ4n) is 1.87. The van der Waals surface area contributed by atoms with Crippen LogP contribution in [0.1, 0.15) is 30.4 Å². The molecule has 1 aliphatic carbocycles. The molecule has 0 nitrogen and oxygen atoms in total. The molecule has 1 aromatic rings. The molecule has 1 aliphatic rings. The van der Waals surface area contributed by atoms with E-state index in [4.69, 9.17) is 34.8 Å². The monoisotopic (exact) mass is 246 g/mol. The first-order valence-electron chi connectivity index (χ1n) is 4.50. The number of allylic oxidation sites excluding steroid dienone is 1. The smallest absolute Gasteiger partial charge is 0.0647 e. The molecule has 0 fully saturated rings. The first kappa shape index (κ1) is 10.4. The molecule has 1 unspecified atom stereocenters. The van der Waals surface area contributed by atoms with Crippen LogP contribution in [0.5, 0.6) is 0 Å². The molecule has 0 aromatic heterocycles. The third kappa shape index (κ3) is 1.37. The summed E-state index contributed by atoms with van der Waals surface area (Å²) in [6.45, 7) is 2.09. The van der Waals surface area contributed by atoms with Crippen LogP contribution in [-0.2, 0) is 0 Å². The Labute approximate surface area is 98.5 Å². The highest BCUT2D eigenvalue weighted by Crippen LogP contribution is 2.49. The molecule has 0 spiro atoms. The van der Waals surface area contributed by atoms with E-state index in [1.54, 1.807) is 0 Å². The zero-order valence-corrected chi connectivity index (χ0v) is 9.92. The summed E-state index contributed by atoms with van der Waals surface area (Å²) in [6, 6.07) is 5.81. The molecule has 3 heteroatoms. The Bertz CT molecular complexity index is 407. The molecule has 14 heavy (non-hydrogen) atoms. The fourth-order valence-corrected chi connectivity index (χ4v) is 2.90. The number of hydrogen-bond donors (Lipinski definition) is 0. The molecule has 0 N–H and O–H groups in total. The maximum Gasteiger partial charge on any atom is 0.0647 e. The molecule has 0 heterocycles. The average molecular weight is 248 g/mol. The van der Waals surface area contributed by atoms with Gasteiger partial charge in [-0.3, -0.25) is 0 Å². The van der Waals surface area contributed by atoms with Crippen LogP contribution in [0.4, 0.5) is 0 Å². The number of hydrogen-bond acceptors (Lipinski definition) is 0. The van der Waals surface area contributed by atoms with Crippen LogP contribution < -0.4 is 0 Å². The van der Waals surface area contributed by atoms with Crippen LogP contribution in [-0.4, -0.2) is 0 Å². The van der Waals surface area contributed by atoms with E-state index in [9.17, 15) is 0 Å². The lowest BCUT2D eigenvalue weighted by Crippen LogP contribution is -1.93. The second-order valence-electron chi connectivity index (χ2n) is 3.33. The molecule has 0 aliphatic heterocycles. The van der Waals surface area contributed by atoms with E-state index >= 15 is 0 Å². The van der Waals surface area contributed by atoms with Crippen molar-refractivity contribution in [3.05, 3.63) is 39.4 Å². The van der Waals surface area contributed by atoms with E-state index in [0.717, 1.165) is 22.6 Å². The second kappa shape index (κ2) is 3.77. The maximum atomic E-state index is 6.16. The molecule has 0 saturated carbocycles. The quantitative estimate of drug-likeness (QED) is 0.655. The van der Waals surface area contributed by atoms with Crippen molar-refractivity contribution in [2.75, 3.05) is 0 Å². The molecule has 0 radical (unpaired) electrons. The minimum Gasteiger partial charge on any atom is -0.0868 e. The first-order valence-corrected chi connectivity index (χ1v) is 5.64. The molecule has 1 atom stereocenters. The lowest BCUT2D eigenvalue weighted by Gasteiger charge is -2.09. The SMILES string of the molecule is CCC1C(Cl)=C(Cl)c2c(Cl)cccc21. The van der Waals surface area contributed by atoms with Crippen LogP contribution in [0.25, 0.3) is 5.03 Å². The molecular weight excluding hydrogens is 238 g/mol. The van der Waals surface area contributed by atoms with Crippen molar-refractivity contribution < 1.29 is 0 Å². The van der Waals surface area contributed by atoms with Gasteiger partial charge in [0.05, 0.1) is 5.03 Å². The highest BCUT2D eigenvalue weighted by Gasteiger charge is 2.29. The van der Waals surface area contributed by atoms with Gasteiger partial charge in [-0.05, 0) is 18.1 Å². The molecule has 0 bridgehead atoms. The summed E-state index contributed by atoms with van der Waals surface area (Å²) >= 11 is 18.4. The Morgan fingerprint density at radius 1 is 1.21 bits per heavy atom. The lowest BCUT2D eigenvalue weighted by atomic mass is 9.98. The summed E-state index contributed by atoms with van der Waals surface area (Å²) < 4.78 is 0. The number of fused-ring (bicyclic) bond motifs is 1. The normalized spacial score (nSPS) is 20.1. The van der Waals surface area contributed by atoms with Gasteiger partial charge in [0.2, 0.25) is 0 Å². The third-order valence-corrected chi connectivity index (χ3v) is 3.82. The van der Waals surface area contributed by atoms with Crippen molar-refractivity contribution in [2.45, 2.75) is 19.3 Å². The summed E-state index contributed by atoms with van der Waals surface area (Å²) in [7, 11) is 0. The zero-order valence-electron chi connectivity index (χ0n) is 7.65. The predicted molar refractivity (Wildman–Crippen MR) is 63.1 cm³/mol. The fraction of sp³-hybridized carbons (Fsp3) is 0.273. The zero-order chi connectivity index (χ0) is 10.3. The van der Waals surface area contributed by atoms with Gasteiger partial charge < -0.3 is 0 Å². The molecule has 1 aromatic carbocycles. The van der Waals surface area contributed by atoms with Gasteiger partial charge in [0.15, 0.2) is 0 Å². The summed E-state index contributed by atoms with van der Waals surface area (Å²) in [4.78, 5) is 0. The lowest BCUT2D eigenvalue weighted by molar-refractivity contribution is 0.806. The number of rotatable bonds is 1. The Hall–Kier alpha value is -0.170. The summed E-state index contributed by atoms with van der Waals surface area (Å²) in [6.07, 6.45) is 0.947. The number of halogens is 3. The van der Waals surface area contributed by atoms with Gasteiger partial charge in [0.25, 0.3) is 0 Å². The highest BCUT2D eigenvalue weighted by atomic mass is 35.5. The van der Waals surface area contributed by atoms with Crippen LogP contribution in [0.3, 0.4) is 0 Å². The summed E-state index contributed by atoms with van der Waals surface area (Å²) in [5.74, 6) is 0.220. The van der Waals surface area contributed by atoms with Gasteiger partial charge in [-0.1, -0.05) is 53.9 Å². The van der Waals surface area contributed by atoms with Gasteiger partial charge in [0, 0.05) is 21.5 Å². The van der Waals surface area contributed by atoms with Gasteiger partial charge in [0.1, 0.15) is 0 Å². The Morgan fingerprint density at radius 3 is 2.57 bits per heavy atom. The van der Waals surface area contributed by atoms with E-state index in [2.05, 4.69) is 6.92 Å². The van der Waals surface area contributed by atoms with Gasteiger partial charge >= 0.3 is 0 Å². The second-order valence-corrected chi connectivity index (χ2v) is 4.52. The molecular formula is C11H9Cl3. The van der Waals surface area contributed by atoms with Crippen molar-refractivity contribution in [1.82, 2.24) is 0 Å².